The molecule has 1 aromatic carbocycles. The molecule has 3 aromatic heterocycles. The Bertz CT molecular complexity index is 1120. The summed E-state index contributed by atoms with van der Waals surface area (Å²) in [4.78, 5) is 17.4. The van der Waals surface area contributed by atoms with Gasteiger partial charge in [-0.05, 0) is 12.0 Å². The van der Waals surface area contributed by atoms with Crippen molar-refractivity contribution >= 4 is 27.8 Å². The number of nitrogen functional groups attached to an aromatic ring is 1. The highest BCUT2D eigenvalue weighted by atomic mass is 15.1. The summed E-state index contributed by atoms with van der Waals surface area (Å²) in [5, 5.41) is 1.03. The van der Waals surface area contributed by atoms with Crippen LogP contribution in [0, 0.1) is 11.8 Å². The molecule has 122 valence electrons. The van der Waals surface area contributed by atoms with Gasteiger partial charge in [-0.2, -0.15) is 0 Å². The third-order valence-corrected chi connectivity index (χ3v) is 4.02. The topological polar surface area (TPSA) is 82.5 Å². The average Bonchev–Trinajstić information content (AvgIpc) is 3.02. The van der Waals surface area contributed by atoms with E-state index < -0.39 is 0 Å². The van der Waals surface area contributed by atoms with Crippen LogP contribution >= 0.6 is 0 Å². The number of pyridine rings is 1. The Kier molecular flexibility index (Phi) is 3.75. The number of para-hydroxylation sites is 1. The van der Waals surface area contributed by atoms with E-state index in [2.05, 4.69) is 43.3 Å². The number of anilines is 1. The van der Waals surface area contributed by atoms with Crippen LogP contribution in [-0.2, 0) is 13.0 Å². The number of nitrogens with zero attached hydrogens (tertiary/aromatic N) is 5. The molecule has 4 aromatic rings. The van der Waals surface area contributed by atoms with Crippen molar-refractivity contribution in [1.29, 1.82) is 0 Å². The molecule has 0 saturated carbocycles. The van der Waals surface area contributed by atoms with E-state index in [4.69, 9.17) is 5.73 Å². The van der Waals surface area contributed by atoms with Gasteiger partial charge in [-0.1, -0.05) is 31.0 Å². The molecule has 0 saturated heterocycles. The average molecular weight is 328 g/mol. The number of benzene rings is 1. The molecule has 4 rings (SSSR count). The number of nitrogens with two attached hydrogens (primary N) is 1. The number of imidazole rings is 1. The Morgan fingerprint density at radius 3 is 2.84 bits per heavy atom. The molecular formula is C19H16N6. The van der Waals surface area contributed by atoms with E-state index in [1.54, 1.807) is 18.6 Å². The van der Waals surface area contributed by atoms with E-state index in [-0.39, 0.29) is 0 Å². The van der Waals surface area contributed by atoms with Crippen LogP contribution in [0.15, 0.2) is 42.9 Å². The zero-order chi connectivity index (χ0) is 17.2. The fourth-order valence-electron chi connectivity index (χ4n) is 2.92. The van der Waals surface area contributed by atoms with Crippen LogP contribution in [0.3, 0.4) is 0 Å². The maximum Gasteiger partial charge on any atom is 0.152 e. The van der Waals surface area contributed by atoms with Crippen LogP contribution in [0.5, 0.6) is 0 Å². The smallest absolute Gasteiger partial charge is 0.152 e. The maximum atomic E-state index is 6.14. The number of rotatable bonds is 2. The summed E-state index contributed by atoms with van der Waals surface area (Å²) >= 11 is 0. The Labute approximate surface area is 144 Å². The molecule has 6 nitrogen and oxygen atoms in total. The van der Waals surface area contributed by atoms with Gasteiger partial charge in [0.15, 0.2) is 5.82 Å². The van der Waals surface area contributed by atoms with Gasteiger partial charge in [-0.3, -0.25) is 4.98 Å². The van der Waals surface area contributed by atoms with Gasteiger partial charge < -0.3 is 10.3 Å². The Hall–Kier alpha value is -3.46. The van der Waals surface area contributed by atoms with Gasteiger partial charge in [-0.15, -0.1) is 0 Å². The van der Waals surface area contributed by atoms with Gasteiger partial charge in [0.2, 0.25) is 0 Å². The lowest BCUT2D eigenvalue weighted by atomic mass is 10.2. The highest BCUT2D eigenvalue weighted by Crippen LogP contribution is 2.28. The van der Waals surface area contributed by atoms with Crippen LogP contribution in [0.1, 0.15) is 18.4 Å². The maximum absolute atomic E-state index is 6.14. The van der Waals surface area contributed by atoms with Crippen molar-refractivity contribution in [3.05, 3.63) is 54.4 Å². The van der Waals surface area contributed by atoms with E-state index in [9.17, 15) is 0 Å². The highest BCUT2D eigenvalue weighted by Gasteiger charge is 2.15. The molecule has 25 heavy (non-hydrogen) atoms. The van der Waals surface area contributed by atoms with Crippen molar-refractivity contribution in [2.24, 2.45) is 0 Å². The fraction of sp³-hybridized carbons (Fsp3) is 0.158. The molecule has 6 heteroatoms. The van der Waals surface area contributed by atoms with Gasteiger partial charge in [0.05, 0.1) is 23.8 Å². The monoisotopic (exact) mass is 328 g/mol. The van der Waals surface area contributed by atoms with Crippen molar-refractivity contribution in [3.63, 3.8) is 0 Å². The lowest BCUT2D eigenvalue weighted by Crippen LogP contribution is -2.02. The van der Waals surface area contributed by atoms with Crippen molar-refractivity contribution in [2.75, 3.05) is 5.73 Å². The first-order chi connectivity index (χ1) is 12.3. The van der Waals surface area contributed by atoms with E-state index in [1.807, 2.05) is 24.3 Å². The minimum Gasteiger partial charge on any atom is -0.382 e. The van der Waals surface area contributed by atoms with Crippen molar-refractivity contribution in [3.8, 4) is 11.8 Å². The molecule has 0 bridgehead atoms. The molecule has 3 heterocycles. The quantitative estimate of drug-likeness (QED) is 0.572. The molecule has 0 aliphatic heterocycles. The van der Waals surface area contributed by atoms with Gasteiger partial charge >= 0.3 is 0 Å². The summed E-state index contributed by atoms with van der Waals surface area (Å²) in [5.41, 5.74) is 9.36. The summed E-state index contributed by atoms with van der Waals surface area (Å²) in [6.45, 7) is 2.57. The van der Waals surface area contributed by atoms with E-state index in [1.165, 1.54) is 0 Å². The summed E-state index contributed by atoms with van der Waals surface area (Å²) in [6.07, 6.45) is 5.70. The first-order valence-electron chi connectivity index (χ1n) is 8.06. The second kappa shape index (κ2) is 6.21. The third kappa shape index (κ3) is 2.66. The van der Waals surface area contributed by atoms with Gasteiger partial charge in [-0.25, -0.2) is 15.0 Å². The minimum atomic E-state index is 0.448. The SMILES string of the molecule is CCc1nc2c(N)nc3ccccc3c2n1CC#Cc1cnccn1. The van der Waals surface area contributed by atoms with E-state index >= 15 is 0 Å². The lowest BCUT2D eigenvalue weighted by Gasteiger charge is -2.06. The van der Waals surface area contributed by atoms with Crippen LogP contribution in [0.2, 0.25) is 0 Å². The van der Waals surface area contributed by atoms with E-state index in [0.717, 1.165) is 34.2 Å². The fourth-order valence-corrected chi connectivity index (χ4v) is 2.92. The lowest BCUT2D eigenvalue weighted by molar-refractivity contribution is 0.783. The highest BCUT2D eigenvalue weighted by molar-refractivity contribution is 6.06. The Balaban J connectivity index is 1.89. The summed E-state index contributed by atoms with van der Waals surface area (Å²) < 4.78 is 2.11. The van der Waals surface area contributed by atoms with Crippen LogP contribution < -0.4 is 5.73 Å². The third-order valence-electron chi connectivity index (χ3n) is 4.02. The van der Waals surface area contributed by atoms with Crippen LogP contribution in [-0.4, -0.2) is 24.5 Å². The summed E-state index contributed by atoms with van der Waals surface area (Å²) in [5.74, 6) is 7.59. The molecule has 0 radical (unpaired) electrons. The predicted molar refractivity (Wildman–Crippen MR) is 97.7 cm³/mol. The zero-order valence-corrected chi connectivity index (χ0v) is 13.8. The molecule has 0 aliphatic carbocycles. The zero-order valence-electron chi connectivity index (χ0n) is 13.8. The standard InChI is InChI=1S/C19H16N6/c1-2-16-24-17-18(14-7-3-4-8-15(14)23-19(17)20)25(16)11-5-6-13-12-21-9-10-22-13/h3-4,7-10,12H,2,11H2,1H3,(H2,20,23). The minimum absolute atomic E-state index is 0.448. The van der Waals surface area contributed by atoms with Gasteiger partial charge in [0, 0.05) is 24.2 Å². The van der Waals surface area contributed by atoms with Crippen LogP contribution in [0.25, 0.3) is 21.9 Å². The molecule has 0 spiro atoms. The second-order valence-electron chi connectivity index (χ2n) is 5.57. The number of fused-ring (bicyclic) bond motifs is 3. The largest absolute Gasteiger partial charge is 0.382 e. The molecule has 0 amide bonds. The van der Waals surface area contributed by atoms with Crippen molar-refractivity contribution in [2.45, 2.75) is 19.9 Å². The van der Waals surface area contributed by atoms with Gasteiger partial charge in [0.1, 0.15) is 17.0 Å². The van der Waals surface area contributed by atoms with E-state index in [0.29, 0.717) is 18.1 Å². The first kappa shape index (κ1) is 15.1. The van der Waals surface area contributed by atoms with Crippen LogP contribution in [0.4, 0.5) is 5.82 Å². The molecule has 2 N–H and O–H groups in total. The molecule has 0 unspecified atom stereocenters. The van der Waals surface area contributed by atoms with Crippen molar-refractivity contribution in [1.82, 2.24) is 24.5 Å². The number of hydrogen-bond donors (Lipinski definition) is 1. The van der Waals surface area contributed by atoms with Crippen molar-refractivity contribution < 1.29 is 0 Å². The molecule has 0 fully saturated rings. The molecule has 0 aliphatic rings. The second-order valence-corrected chi connectivity index (χ2v) is 5.57. The summed E-state index contributed by atoms with van der Waals surface area (Å²) in [6, 6.07) is 7.95. The van der Waals surface area contributed by atoms with Gasteiger partial charge in [0.25, 0.3) is 0 Å². The molecular weight excluding hydrogens is 312 g/mol. The first-order valence-corrected chi connectivity index (χ1v) is 8.06. The Morgan fingerprint density at radius 1 is 1.16 bits per heavy atom. The number of aromatic nitrogens is 5. The predicted octanol–water partition coefficient (Wildman–Crippen LogP) is 2.57. The normalized spacial score (nSPS) is 10.8. The number of hydrogen-bond acceptors (Lipinski definition) is 5. The molecule has 0 atom stereocenters. The Morgan fingerprint density at radius 2 is 2.04 bits per heavy atom. The number of aryl methyl sites for hydroxylation is 1. The summed E-state index contributed by atoms with van der Waals surface area (Å²) in [7, 11) is 0.